The average Bonchev–Trinajstić information content (AvgIpc) is 2.03. The van der Waals surface area contributed by atoms with Gasteiger partial charge in [-0.1, -0.05) is 0 Å². The molecule has 0 saturated heterocycles. The first-order valence-electron chi connectivity index (χ1n) is 3.34. The molecule has 1 rings (SSSR count). The monoisotopic (exact) mass is 183 g/mol. The van der Waals surface area contributed by atoms with Crippen molar-refractivity contribution in [2.75, 3.05) is 5.32 Å². The molecule has 4 N–H and O–H groups in total. The minimum atomic E-state index is -0.0193. The first-order valence-corrected chi connectivity index (χ1v) is 3.75. The number of pyridine rings is 1. The number of thiocarbonyl (C=S) groups is 1. The molecule has 4 nitrogen and oxygen atoms in total. The van der Waals surface area contributed by atoms with Gasteiger partial charge in [0.2, 0.25) is 0 Å². The second-order valence-electron chi connectivity index (χ2n) is 2.20. The van der Waals surface area contributed by atoms with Crippen molar-refractivity contribution in [3.8, 4) is 0 Å². The summed E-state index contributed by atoms with van der Waals surface area (Å²) < 4.78 is 0. The summed E-state index contributed by atoms with van der Waals surface area (Å²) in [5, 5.41) is 11.6. The van der Waals surface area contributed by atoms with Gasteiger partial charge in [0.05, 0.1) is 6.61 Å². The summed E-state index contributed by atoms with van der Waals surface area (Å²) in [6, 6.07) is 3.39. The zero-order chi connectivity index (χ0) is 8.97. The lowest BCUT2D eigenvalue weighted by molar-refractivity contribution is 0.282. The number of nitrogens with two attached hydrogens (primary N) is 1. The molecule has 0 atom stereocenters. The summed E-state index contributed by atoms with van der Waals surface area (Å²) in [5.41, 5.74) is 6.00. The van der Waals surface area contributed by atoms with E-state index in [1.165, 1.54) is 0 Å². The van der Waals surface area contributed by atoms with Crippen LogP contribution in [0, 0.1) is 0 Å². The largest absolute Gasteiger partial charge is 0.392 e. The number of aliphatic hydroxyl groups excluding tert-OH is 1. The molecule has 0 bridgehead atoms. The zero-order valence-corrected chi connectivity index (χ0v) is 7.14. The molecular formula is C7H9N3OS. The highest BCUT2D eigenvalue weighted by Gasteiger charge is 1.95. The van der Waals surface area contributed by atoms with E-state index in [4.69, 9.17) is 10.8 Å². The van der Waals surface area contributed by atoms with Gasteiger partial charge in [0.1, 0.15) is 5.82 Å². The van der Waals surface area contributed by atoms with E-state index in [9.17, 15) is 0 Å². The van der Waals surface area contributed by atoms with E-state index >= 15 is 0 Å². The molecule has 0 spiro atoms. The normalized spacial score (nSPS) is 9.42. The quantitative estimate of drug-likeness (QED) is 0.572. The van der Waals surface area contributed by atoms with Crippen LogP contribution < -0.4 is 11.1 Å². The van der Waals surface area contributed by atoms with Crippen molar-refractivity contribution in [3.63, 3.8) is 0 Å². The van der Waals surface area contributed by atoms with Crippen LogP contribution in [0.2, 0.25) is 0 Å². The van der Waals surface area contributed by atoms with Gasteiger partial charge in [0.25, 0.3) is 0 Å². The molecule has 1 aromatic heterocycles. The Morgan fingerprint density at radius 2 is 2.50 bits per heavy atom. The maximum atomic E-state index is 8.78. The standard InChI is InChI=1S/C7H9N3OS/c8-7(12)10-6-3-5(4-11)1-2-9-6/h1-3,11H,4H2,(H3,8,9,10,12). The van der Waals surface area contributed by atoms with Gasteiger partial charge < -0.3 is 16.2 Å². The molecule has 0 aliphatic heterocycles. The second kappa shape index (κ2) is 3.99. The average molecular weight is 183 g/mol. The molecule has 1 heterocycles. The third-order valence-electron chi connectivity index (χ3n) is 1.26. The van der Waals surface area contributed by atoms with Crippen LogP contribution >= 0.6 is 12.2 Å². The van der Waals surface area contributed by atoms with Crippen molar-refractivity contribution in [1.29, 1.82) is 0 Å². The van der Waals surface area contributed by atoms with Gasteiger partial charge in [0.15, 0.2) is 5.11 Å². The molecule has 0 radical (unpaired) electrons. The fraction of sp³-hybridized carbons (Fsp3) is 0.143. The highest BCUT2D eigenvalue weighted by Crippen LogP contribution is 2.05. The number of hydrogen-bond acceptors (Lipinski definition) is 3. The van der Waals surface area contributed by atoms with Crippen molar-refractivity contribution in [2.24, 2.45) is 5.73 Å². The molecule has 1 aromatic rings. The number of nitrogens with zero attached hydrogens (tertiary/aromatic N) is 1. The minimum Gasteiger partial charge on any atom is -0.392 e. The summed E-state index contributed by atoms with van der Waals surface area (Å²) >= 11 is 4.62. The number of hydrogen-bond donors (Lipinski definition) is 3. The minimum absolute atomic E-state index is 0.0193. The lowest BCUT2D eigenvalue weighted by atomic mass is 10.3. The van der Waals surface area contributed by atoms with Gasteiger partial charge in [-0.25, -0.2) is 4.98 Å². The lowest BCUT2D eigenvalue weighted by Gasteiger charge is -2.02. The lowest BCUT2D eigenvalue weighted by Crippen LogP contribution is -2.19. The molecule has 0 amide bonds. The molecule has 0 aliphatic carbocycles. The fourth-order valence-electron chi connectivity index (χ4n) is 0.767. The smallest absolute Gasteiger partial charge is 0.169 e. The summed E-state index contributed by atoms with van der Waals surface area (Å²) in [6.07, 6.45) is 1.58. The first-order chi connectivity index (χ1) is 5.72. The van der Waals surface area contributed by atoms with E-state index in [2.05, 4.69) is 22.5 Å². The van der Waals surface area contributed by atoms with Crippen molar-refractivity contribution < 1.29 is 5.11 Å². The van der Waals surface area contributed by atoms with Crippen molar-refractivity contribution in [3.05, 3.63) is 23.9 Å². The summed E-state index contributed by atoms with van der Waals surface area (Å²) in [4.78, 5) is 3.94. The van der Waals surface area contributed by atoms with Gasteiger partial charge in [-0.15, -0.1) is 0 Å². The molecule has 0 fully saturated rings. The van der Waals surface area contributed by atoms with Crippen LogP contribution in [0.15, 0.2) is 18.3 Å². The van der Waals surface area contributed by atoms with E-state index in [0.29, 0.717) is 5.82 Å². The van der Waals surface area contributed by atoms with Crippen LogP contribution in [0.5, 0.6) is 0 Å². The Morgan fingerprint density at radius 1 is 1.75 bits per heavy atom. The zero-order valence-electron chi connectivity index (χ0n) is 6.32. The Kier molecular flexibility index (Phi) is 2.95. The third kappa shape index (κ3) is 2.44. The van der Waals surface area contributed by atoms with Gasteiger partial charge in [0, 0.05) is 6.20 Å². The molecule has 12 heavy (non-hydrogen) atoms. The van der Waals surface area contributed by atoms with Gasteiger partial charge in [-0.3, -0.25) is 0 Å². The number of anilines is 1. The van der Waals surface area contributed by atoms with Crippen LogP contribution in [0.1, 0.15) is 5.56 Å². The molecule has 64 valence electrons. The maximum absolute atomic E-state index is 8.78. The van der Waals surface area contributed by atoms with Crippen LogP contribution in [0.4, 0.5) is 5.82 Å². The summed E-state index contributed by atoms with van der Waals surface area (Å²) in [6.45, 7) is -0.0193. The third-order valence-corrected chi connectivity index (χ3v) is 1.36. The molecule has 0 unspecified atom stereocenters. The van der Waals surface area contributed by atoms with Gasteiger partial charge >= 0.3 is 0 Å². The molecule has 0 aromatic carbocycles. The van der Waals surface area contributed by atoms with Crippen molar-refractivity contribution in [2.45, 2.75) is 6.61 Å². The summed E-state index contributed by atoms with van der Waals surface area (Å²) in [7, 11) is 0. The Hall–Kier alpha value is -1.20. The van der Waals surface area contributed by atoms with E-state index in [0.717, 1.165) is 5.56 Å². The van der Waals surface area contributed by atoms with Gasteiger partial charge in [-0.05, 0) is 29.9 Å². The Bertz CT molecular complexity index is 290. The maximum Gasteiger partial charge on any atom is 0.169 e. The van der Waals surface area contributed by atoms with Crippen molar-refractivity contribution in [1.82, 2.24) is 4.98 Å². The molecule has 0 saturated carbocycles. The highest BCUT2D eigenvalue weighted by atomic mass is 32.1. The molecule has 0 aliphatic rings. The van der Waals surface area contributed by atoms with E-state index < -0.39 is 0 Å². The van der Waals surface area contributed by atoms with E-state index in [-0.39, 0.29) is 11.7 Å². The first kappa shape index (κ1) is 8.89. The summed E-state index contributed by atoms with van der Waals surface area (Å²) in [5.74, 6) is 0.550. The predicted molar refractivity (Wildman–Crippen MR) is 50.6 cm³/mol. The Balaban J connectivity index is 2.79. The number of aromatic nitrogens is 1. The van der Waals surface area contributed by atoms with Crippen LogP contribution in [0.25, 0.3) is 0 Å². The van der Waals surface area contributed by atoms with Gasteiger partial charge in [-0.2, -0.15) is 0 Å². The predicted octanol–water partition coefficient (Wildman–Crippen LogP) is 0.229. The van der Waals surface area contributed by atoms with Crippen LogP contribution in [-0.4, -0.2) is 15.2 Å². The van der Waals surface area contributed by atoms with Crippen molar-refractivity contribution >= 4 is 23.1 Å². The highest BCUT2D eigenvalue weighted by molar-refractivity contribution is 7.80. The number of nitrogens with one attached hydrogen (secondary N) is 1. The SMILES string of the molecule is NC(=S)Nc1cc(CO)ccn1. The second-order valence-corrected chi connectivity index (χ2v) is 2.64. The molecule has 5 heteroatoms. The Morgan fingerprint density at radius 3 is 3.08 bits per heavy atom. The number of aliphatic hydroxyl groups is 1. The van der Waals surface area contributed by atoms with Crippen LogP contribution in [0.3, 0.4) is 0 Å². The fourth-order valence-corrected chi connectivity index (χ4v) is 0.872. The van der Waals surface area contributed by atoms with Crippen LogP contribution in [-0.2, 0) is 6.61 Å². The number of rotatable bonds is 2. The van der Waals surface area contributed by atoms with E-state index in [1.54, 1.807) is 18.3 Å². The van der Waals surface area contributed by atoms with E-state index in [1.807, 2.05) is 0 Å². The topological polar surface area (TPSA) is 71.2 Å². The molecular weight excluding hydrogens is 174 g/mol. The Labute approximate surface area is 75.4 Å².